The monoisotopic (exact) mass is 530 g/mol. The van der Waals surface area contributed by atoms with E-state index in [4.69, 9.17) is 4.74 Å². The van der Waals surface area contributed by atoms with Crippen LogP contribution in [0.1, 0.15) is 48.1 Å². The molecule has 0 spiro atoms. The topological polar surface area (TPSA) is 76.5 Å². The Morgan fingerprint density at radius 1 is 1.18 bits per heavy atom. The lowest BCUT2D eigenvalue weighted by atomic mass is 10.1. The zero-order valence-electron chi connectivity index (χ0n) is 18.3. The minimum Gasteiger partial charge on any atom is -0.445 e. The maximum Gasteiger partial charge on any atom is 0.416 e. The third-order valence-electron chi connectivity index (χ3n) is 5.15. The van der Waals surface area contributed by atoms with E-state index in [9.17, 15) is 22.8 Å². The molecule has 1 aromatic heterocycles. The van der Waals surface area contributed by atoms with Crippen LogP contribution >= 0.6 is 15.9 Å². The molecule has 1 aliphatic rings. The van der Waals surface area contributed by atoms with Crippen LogP contribution in [-0.4, -0.2) is 38.6 Å². The van der Waals surface area contributed by atoms with Crippen molar-refractivity contribution >= 4 is 33.7 Å². The van der Waals surface area contributed by atoms with E-state index in [2.05, 4.69) is 26.3 Å². The summed E-state index contributed by atoms with van der Waals surface area (Å²) in [5.41, 5.74) is 0.695. The molecule has 0 saturated carbocycles. The molecule has 0 unspecified atom stereocenters. The number of nitrogens with zero attached hydrogens (tertiary/aromatic N) is 3. The Labute approximate surface area is 198 Å². The largest absolute Gasteiger partial charge is 0.445 e. The molecule has 1 aliphatic heterocycles. The summed E-state index contributed by atoms with van der Waals surface area (Å²) < 4.78 is 46.1. The average molecular weight is 531 g/mol. The van der Waals surface area contributed by atoms with Gasteiger partial charge in [-0.15, -0.1) is 0 Å². The molecule has 0 aliphatic carbocycles. The number of rotatable bonds is 7. The molecule has 1 N–H and O–H groups in total. The molecule has 33 heavy (non-hydrogen) atoms. The van der Waals surface area contributed by atoms with Gasteiger partial charge < -0.3 is 15.0 Å². The highest BCUT2D eigenvalue weighted by molar-refractivity contribution is 9.09. The van der Waals surface area contributed by atoms with E-state index < -0.39 is 17.8 Å². The van der Waals surface area contributed by atoms with Gasteiger partial charge in [0.2, 0.25) is 5.91 Å². The number of fused-ring (bicyclic) bond motifs is 1. The molecule has 2 aromatic rings. The van der Waals surface area contributed by atoms with Crippen LogP contribution in [0.5, 0.6) is 0 Å². The van der Waals surface area contributed by atoms with Crippen molar-refractivity contribution in [2.75, 3.05) is 17.2 Å². The molecule has 0 saturated heterocycles. The first-order valence-corrected chi connectivity index (χ1v) is 11.8. The van der Waals surface area contributed by atoms with Crippen LogP contribution in [-0.2, 0) is 35.4 Å². The molecular formula is C22H26BrF3N4O3. The normalized spacial score (nSPS) is 13.9. The molecule has 7 nitrogen and oxygen atoms in total. The number of nitrogens with one attached hydrogen (secondary N) is 1. The highest BCUT2D eigenvalue weighted by Gasteiger charge is 2.31. The van der Waals surface area contributed by atoms with Crippen LogP contribution in [0.25, 0.3) is 0 Å². The number of anilines is 1. The van der Waals surface area contributed by atoms with E-state index >= 15 is 0 Å². The first-order valence-electron chi connectivity index (χ1n) is 10.7. The Bertz CT molecular complexity index is 994. The number of alkyl halides is 4. The number of ether oxygens (including phenoxy) is 1. The van der Waals surface area contributed by atoms with Gasteiger partial charge in [0.1, 0.15) is 6.61 Å². The predicted octanol–water partition coefficient (Wildman–Crippen LogP) is 5.26. The van der Waals surface area contributed by atoms with Crippen molar-refractivity contribution in [3.05, 3.63) is 46.6 Å². The lowest BCUT2D eigenvalue weighted by molar-refractivity contribution is -0.137. The summed E-state index contributed by atoms with van der Waals surface area (Å²) >= 11 is 3.33. The molecule has 2 amide bonds. The lowest BCUT2D eigenvalue weighted by Crippen LogP contribution is -2.31. The van der Waals surface area contributed by atoms with Crippen molar-refractivity contribution < 1.29 is 27.5 Å². The maximum atomic E-state index is 13.0. The first kappa shape index (κ1) is 25.1. The van der Waals surface area contributed by atoms with Crippen molar-refractivity contribution in [2.45, 2.75) is 58.5 Å². The summed E-state index contributed by atoms with van der Waals surface area (Å²) in [5.74, 6) is 0.320. The Kier molecular flexibility index (Phi) is 8.39. The number of hydrogen-bond acceptors (Lipinski definition) is 4. The number of hydrogen-bond donors (Lipinski definition) is 1. The number of halogens is 4. The van der Waals surface area contributed by atoms with Crippen LogP contribution in [0.15, 0.2) is 24.3 Å². The fraction of sp³-hybridized carbons (Fsp3) is 0.500. The van der Waals surface area contributed by atoms with Crippen LogP contribution in [0.3, 0.4) is 0 Å². The first-order chi connectivity index (χ1) is 15.7. The van der Waals surface area contributed by atoms with Crippen molar-refractivity contribution in [3.63, 3.8) is 0 Å². The summed E-state index contributed by atoms with van der Waals surface area (Å²) in [6.45, 7) is 2.54. The van der Waals surface area contributed by atoms with E-state index in [1.807, 2.05) is 0 Å². The SMILES string of the molecule is Cc1cc(COC(=O)N2CCCn3nc(NC(=O)CCCCBr)cc3C2)cc(C(F)(F)F)c1. The second-order valence-electron chi connectivity index (χ2n) is 7.97. The summed E-state index contributed by atoms with van der Waals surface area (Å²) in [6.07, 6.45) is -2.36. The molecule has 180 valence electrons. The van der Waals surface area contributed by atoms with Gasteiger partial charge in [-0.05, 0) is 43.9 Å². The van der Waals surface area contributed by atoms with Crippen molar-refractivity contribution in [1.82, 2.24) is 14.7 Å². The van der Waals surface area contributed by atoms with Crippen molar-refractivity contribution in [2.24, 2.45) is 0 Å². The minimum atomic E-state index is -4.46. The molecule has 1 aromatic carbocycles. The Balaban J connectivity index is 1.59. The van der Waals surface area contributed by atoms with E-state index in [0.717, 1.165) is 36.0 Å². The standard InChI is InChI=1S/C22H26BrF3N4O3/c1-15-9-16(11-17(10-15)22(24,25)26)14-33-21(32)29-7-4-8-30-18(13-29)12-19(28-30)27-20(31)5-2-3-6-23/h9-12H,2-8,13-14H2,1H3,(H,27,28,31). The number of aryl methyl sites for hydroxylation is 2. The number of carbonyl (C=O) groups excluding carboxylic acids is 2. The average Bonchev–Trinajstić information content (AvgIpc) is 3.00. The summed E-state index contributed by atoms with van der Waals surface area (Å²) in [5, 5.41) is 8.02. The van der Waals surface area contributed by atoms with E-state index in [1.54, 1.807) is 23.7 Å². The summed E-state index contributed by atoms with van der Waals surface area (Å²) in [7, 11) is 0. The summed E-state index contributed by atoms with van der Waals surface area (Å²) in [6, 6.07) is 5.33. The van der Waals surface area contributed by atoms with Gasteiger partial charge >= 0.3 is 12.3 Å². The zero-order valence-corrected chi connectivity index (χ0v) is 19.8. The van der Waals surface area contributed by atoms with Crippen LogP contribution in [0, 0.1) is 6.92 Å². The van der Waals surface area contributed by atoms with Crippen LogP contribution in [0.2, 0.25) is 0 Å². The third kappa shape index (κ3) is 7.21. The second kappa shape index (κ2) is 11.0. The lowest BCUT2D eigenvalue weighted by Gasteiger charge is -2.20. The van der Waals surface area contributed by atoms with Gasteiger partial charge in [0.05, 0.1) is 17.8 Å². The molecule has 0 atom stereocenters. The molecule has 0 radical (unpaired) electrons. The number of unbranched alkanes of at least 4 members (excludes halogenated alkanes) is 1. The highest BCUT2D eigenvalue weighted by Crippen LogP contribution is 2.30. The van der Waals surface area contributed by atoms with Crippen molar-refractivity contribution in [1.29, 1.82) is 0 Å². The number of benzene rings is 1. The fourth-order valence-corrected chi connectivity index (χ4v) is 4.01. The van der Waals surface area contributed by atoms with Gasteiger partial charge in [0, 0.05) is 30.9 Å². The zero-order chi connectivity index (χ0) is 24.0. The maximum absolute atomic E-state index is 13.0. The molecular weight excluding hydrogens is 505 g/mol. The molecule has 3 rings (SSSR count). The van der Waals surface area contributed by atoms with Crippen LogP contribution in [0.4, 0.5) is 23.8 Å². The molecule has 0 bridgehead atoms. The second-order valence-corrected chi connectivity index (χ2v) is 8.77. The molecule has 11 heteroatoms. The Morgan fingerprint density at radius 3 is 2.70 bits per heavy atom. The minimum absolute atomic E-state index is 0.114. The Morgan fingerprint density at radius 2 is 1.97 bits per heavy atom. The highest BCUT2D eigenvalue weighted by atomic mass is 79.9. The van der Waals surface area contributed by atoms with E-state index in [1.165, 1.54) is 4.90 Å². The number of amides is 2. The van der Waals surface area contributed by atoms with Crippen molar-refractivity contribution in [3.8, 4) is 0 Å². The van der Waals surface area contributed by atoms with Gasteiger partial charge in [-0.1, -0.05) is 27.6 Å². The Hall–Kier alpha value is -2.56. The third-order valence-corrected chi connectivity index (χ3v) is 5.71. The molecule has 0 fully saturated rings. The van der Waals surface area contributed by atoms with Gasteiger partial charge in [0.25, 0.3) is 0 Å². The number of carbonyl (C=O) groups is 2. The van der Waals surface area contributed by atoms with Gasteiger partial charge in [-0.3, -0.25) is 9.48 Å². The van der Waals surface area contributed by atoms with E-state index in [-0.39, 0.29) is 24.6 Å². The van der Waals surface area contributed by atoms with Crippen LogP contribution < -0.4 is 5.32 Å². The smallest absolute Gasteiger partial charge is 0.416 e. The quantitative estimate of drug-likeness (QED) is 0.391. The fourth-order valence-electron chi connectivity index (χ4n) is 3.61. The van der Waals surface area contributed by atoms with E-state index in [0.29, 0.717) is 37.3 Å². The number of aromatic nitrogens is 2. The van der Waals surface area contributed by atoms with Gasteiger partial charge in [-0.2, -0.15) is 18.3 Å². The van der Waals surface area contributed by atoms with Gasteiger partial charge in [0.15, 0.2) is 5.82 Å². The predicted molar refractivity (Wildman–Crippen MR) is 120 cm³/mol. The summed E-state index contributed by atoms with van der Waals surface area (Å²) in [4.78, 5) is 26.1. The van der Waals surface area contributed by atoms with Gasteiger partial charge in [-0.25, -0.2) is 4.79 Å². The molecule has 2 heterocycles.